The molecule has 0 aliphatic carbocycles. The van der Waals surface area contributed by atoms with Crippen LogP contribution in [0.4, 0.5) is 0 Å². The van der Waals surface area contributed by atoms with Crippen LogP contribution in [0.2, 0.25) is 0 Å². The molecular formula is C14H20N2O5S. The normalized spacial score (nSPS) is 16.1. The summed E-state index contributed by atoms with van der Waals surface area (Å²) < 4.78 is 40.0. The Morgan fingerprint density at radius 3 is 2.05 bits per heavy atom. The zero-order valence-corrected chi connectivity index (χ0v) is 13.6. The predicted octanol–water partition coefficient (Wildman–Crippen LogP) is 1.00. The van der Waals surface area contributed by atoms with Gasteiger partial charge in [0.15, 0.2) is 0 Å². The average Bonchev–Trinajstić information content (AvgIpc) is 2.52. The van der Waals surface area contributed by atoms with Crippen molar-refractivity contribution in [1.29, 1.82) is 0 Å². The predicted molar refractivity (Wildman–Crippen MR) is 83.4 cm³/mol. The number of nitrogens with two attached hydrogens (primary N) is 1. The van der Waals surface area contributed by atoms with Crippen LogP contribution < -0.4 is 19.3 Å². The molecule has 1 heterocycles. The molecular weight excluding hydrogens is 308 g/mol. The van der Waals surface area contributed by atoms with Crippen molar-refractivity contribution in [2.24, 2.45) is 5.14 Å². The minimum absolute atomic E-state index is 0.229. The molecule has 1 aliphatic heterocycles. The largest absolute Gasteiger partial charge is 0.496 e. The minimum atomic E-state index is -3.67. The van der Waals surface area contributed by atoms with Crippen molar-refractivity contribution in [1.82, 2.24) is 4.31 Å². The first-order valence-corrected chi connectivity index (χ1v) is 8.18. The van der Waals surface area contributed by atoms with Gasteiger partial charge in [0.1, 0.15) is 17.2 Å². The average molecular weight is 328 g/mol. The van der Waals surface area contributed by atoms with Gasteiger partial charge in [0.2, 0.25) is 0 Å². The fourth-order valence-corrected chi connectivity index (χ4v) is 3.06. The number of ether oxygens (including phenoxy) is 3. The van der Waals surface area contributed by atoms with E-state index in [4.69, 9.17) is 19.3 Å². The molecule has 0 saturated carbocycles. The highest BCUT2D eigenvalue weighted by Gasteiger charge is 2.24. The van der Waals surface area contributed by atoms with E-state index in [0.29, 0.717) is 30.2 Å². The van der Waals surface area contributed by atoms with Crippen molar-refractivity contribution in [3.05, 3.63) is 23.8 Å². The number of methoxy groups -OCH3 is 3. The van der Waals surface area contributed by atoms with Crippen molar-refractivity contribution in [3.63, 3.8) is 0 Å². The van der Waals surface area contributed by atoms with Crippen molar-refractivity contribution >= 4 is 15.8 Å². The zero-order valence-electron chi connectivity index (χ0n) is 12.8. The molecule has 0 unspecified atom stereocenters. The Labute approximate surface area is 130 Å². The van der Waals surface area contributed by atoms with Crippen LogP contribution in [-0.4, -0.2) is 47.1 Å². The summed E-state index contributed by atoms with van der Waals surface area (Å²) in [6.45, 7) is 0.551. The molecule has 1 aliphatic rings. The van der Waals surface area contributed by atoms with Gasteiger partial charge >= 0.3 is 0 Å². The van der Waals surface area contributed by atoms with Crippen molar-refractivity contribution < 1.29 is 22.6 Å². The molecule has 2 N–H and O–H groups in total. The Balaban J connectivity index is 2.43. The van der Waals surface area contributed by atoms with Gasteiger partial charge in [-0.2, -0.15) is 12.7 Å². The molecule has 0 fully saturated rings. The van der Waals surface area contributed by atoms with E-state index in [1.165, 1.54) is 4.31 Å². The smallest absolute Gasteiger partial charge is 0.277 e. The van der Waals surface area contributed by atoms with Gasteiger partial charge < -0.3 is 14.2 Å². The molecule has 0 aromatic heterocycles. The van der Waals surface area contributed by atoms with Gasteiger partial charge in [-0.25, -0.2) is 5.14 Å². The van der Waals surface area contributed by atoms with Crippen LogP contribution in [0.15, 0.2) is 18.2 Å². The van der Waals surface area contributed by atoms with Gasteiger partial charge in [-0.3, -0.25) is 0 Å². The SMILES string of the molecule is COc1cc(OC)c(C2=CCN(S(N)(=O)=O)CC2)c(OC)c1. The molecule has 2 rings (SSSR count). The number of benzene rings is 1. The first kappa shape index (κ1) is 16.6. The third-order valence-corrected chi connectivity index (χ3v) is 4.62. The quantitative estimate of drug-likeness (QED) is 0.871. The van der Waals surface area contributed by atoms with Gasteiger partial charge in [0, 0.05) is 25.2 Å². The maximum absolute atomic E-state index is 11.4. The number of nitrogens with zero attached hydrogens (tertiary/aromatic N) is 1. The first-order chi connectivity index (χ1) is 10.4. The summed E-state index contributed by atoms with van der Waals surface area (Å²) in [5.41, 5.74) is 1.76. The van der Waals surface area contributed by atoms with Crippen LogP contribution in [0.3, 0.4) is 0 Å². The number of hydrogen-bond acceptors (Lipinski definition) is 5. The molecule has 0 spiro atoms. The molecule has 0 bridgehead atoms. The minimum Gasteiger partial charge on any atom is -0.496 e. The molecule has 1 aromatic carbocycles. The second kappa shape index (κ2) is 6.55. The van der Waals surface area contributed by atoms with E-state index < -0.39 is 10.2 Å². The lowest BCUT2D eigenvalue weighted by Crippen LogP contribution is -2.39. The van der Waals surface area contributed by atoms with E-state index in [2.05, 4.69) is 0 Å². The van der Waals surface area contributed by atoms with Gasteiger partial charge in [0.25, 0.3) is 10.2 Å². The summed E-state index contributed by atoms with van der Waals surface area (Å²) in [6.07, 6.45) is 2.34. The van der Waals surface area contributed by atoms with Crippen LogP contribution in [0.5, 0.6) is 17.2 Å². The van der Waals surface area contributed by atoms with Crippen molar-refractivity contribution in [3.8, 4) is 17.2 Å². The third kappa shape index (κ3) is 3.34. The molecule has 7 nitrogen and oxygen atoms in total. The molecule has 0 radical (unpaired) electrons. The van der Waals surface area contributed by atoms with Gasteiger partial charge in [0.05, 0.1) is 26.9 Å². The Bertz CT molecular complexity index is 659. The highest BCUT2D eigenvalue weighted by molar-refractivity contribution is 7.86. The molecule has 0 saturated heterocycles. The Morgan fingerprint density at radius 2 is 1.68 bits per heavy atom. The van der Waals surface area contributed by atoms with Crippen LogP contribution in [0.25, 0.3) is 5.57 Å². The van der Waals surface area contributed by atoms with Crippen LogP contribution >= 0.6 is 0 Å². The Hall–Kier alpha value is -1.77. The topological polar surface area (TPSA) is 91.1 Å². The van der Waals surface area contributed by atoms with E-state index in [1.54, 1.807) is 33.5 Å². The van der Waals surface area contributed by atoms with Crippen LogP contribution in [-0.2, 0) is 10.2 Å². The molecule has 0 amide bonds. The molecule has 1 aromatic rings. The van der Waals surface area contributed by atoms with E-state index in [-0.39, 0.29) is 6.54 Å². The maximum Gasteiger partial charge on any atom is 0.277 e. The fourth-order valence-electron chi connectivity index (χ4n) is 2.43. The Kier molecular flexibility index (Phi) is 4.94. The van der Waals surface area contributed by atoms with Gasteiger partial charge in [-0.15, -0.1) is 0 Å². The van der Waals surface area contributed by atoms with Crippen molar-refractivity contribution in [2.75, 3.05) is 34.4 Å². The van der Waals surface area contributed by atoms with Gasteiger partial charge in [-0.1, -0.05) is 6.08 Å². The third-order valence-electron chi connectivity index (χ3n) is 3.57. The van der Waals surface area contributed by atoms with E-state index in [9.17, 15) is 8.42 Å². The summed E-state index contributed by atoms with van der Waals surface area (Å²) in [6, 6.07) is 3.54. The second-order valence-electron chi connectivity index (χ2n) is 4.79. The van der Waals surface area contributed by atoms with E-state index in [1.807, 2.05) is 6.08 Å². The van der Waals surface area contributed by atoms with Crippen LogP contribution in [0, 0.1) is 0 Å². The van der Waals surface area contributed by atoms with Crippen LogP contribution in [0.1, 0.15) is 12.0 Å². The number of rotatable bonds is 5. The number of hydrogen-bond donors (Lipinski definition) is 1. The summed E-state index contributed by atoms with van der Waals surface area (Å²) in [5.74, 6) is 1.86. The summed E-state index contributed by atoms with van der Waals surface area (Å²) in [5, 5.41) is 5.15. The lowest BCUT2D eigenvalue weighted by Gasteiger charge is -2.25. The molecule has 8 heteroatoms. The highest BCUT2D eigenvalue weighted by atomic mass is 32.2. The summed E-state index contributed by atoms with van der Waals surface area (Å²) in [4.78, 5) is 0. The lowest BCUT2D eigenvalue weighted by molar-refractivity contribution is 0.372. The highest BCUT2D eigenvalue weighted by Crippen LogP contribution is 2.40. The summed E-state index contributed by atoms with van der Waals surface area (Å²) in [7, 11) is 1.03. The lowest BCUT2D eigenvalue weighted by atomic mass is 9.98. The standard InChI is InChI=1S/C14H20N2O5S/c1-19-11-8-12(20-2)14(13(9-11)21-3)10-4-6-16(7-5-10)22(15,17)18/h4,8-9H,5-7H2,1-3H3,(H2,15,17,18). The van der Waals surface area contributed by atoms with Gasteiger partial charge in [-0.05, 0) is 12.0 Å². The second-order valence-corrected chi connectivity index (χ2v) is 6.34. The summed E-state index contributed by atoms with van der Waals surface area (Å²) >= 11 is 0. The Morgan fingerprint density at radius 1 is 1.09 bits per heavy atom. The first-order valence-electron chi connectivity index (χ1n) is 6.68. The maximum atomic E-state index is 11.4. The monoisotopic (exact) mass is 328 g/mol. The zero-order chi connectivity index (χ0) is 16.3. The molecule has 0 atom stereocenters. The molecule has 122 valence electrons. The fraction of sp³-hybridized carbons (Fsp3) is 0.429. The van der Waals surface area contributed by atoms with E-state index >= 15 is 0 Å². The van der Waals surface area contributed by atoms with Crippen molar-refractivity contribution in [2.45, 2.75) is 6.42 Å². The van der Waals surface area contributed by atoms with E-state index in [0.717, 1.165) is 11.1 Å². The molecule has 22 heavy (non-hydrogen) atoms.